The lowest BCUT2D eigenvalue weighted by molar-refractivity contribution is -0.115. The number of ether oxygens (including phenoxy) is 1. The van der Waals surface area contributed by atoms with E-state index in [4.69, 9.17) is 4.74 Å². The van der Waals surface area contributed by atoms with Crippen LogP contribution in [0.15, 0.2) is 53.7 Å². The van der Waals surface area contributed by atoms with Crippen LogP contribution in [0.25, 0.3) is 28.2 Å². The van der Waals surface area contributed by atoms with E-state index in [1.165, 1.54) is 5.69 Å². The first-order valence-corrected chi connectivity index (χ1v) is 12.0. The number of benzene rings is 2. The van der Waals surface area contributed by atoms with Gasteiger partial charge in [0.1, 0.15) is 6.33 Å². The van der Waals surface area contributed by atoms with Gasteiger partial charge in [-0.1, -0.05) is 18.2 Å². The maximum absolute atomic E-state index is 11.9. The number of nitrogens with one attached hydrogen (secondary N) is 1. The highest BCUT2D eigenvalue weighted by Gasteiger charge is 2.25. The maximum atomic E-state index is 11.9. The third-order valence-corrected chi connectivity index (χ3v) is 6.90. The Balaban J connectivity index is 1.37. The molecule has 5 rings (SSSR count). The molecule has 1 N–H and O–H groups in total. The number of nitrogens with zero attached hydrogens (tertiary/aromatic N) is 4. The van der Waals surface area contributed by atoms with Crippen LogP contribution in [0.5, 0.6) is 0 Å². The van der Waals surface area contributed by atoms with Crippen molar-refractivity contribution in [2.75, 3.05) is 51.3 Å². The quantitative estimate of drug-likeness (QED) is 0.543. The second-order valence-electron chi connectivity index (χ2n) is 8.22. The zero-order valence-corrected chi connectivity index (χ0v) is 19.7. The number of rotatable bonds is 6. The minimum absolute atomic E-state index is 0.349. The molecule has 9 heteroatoms. The minimum Gasteiger partial charge on any atom is -0.383 e. The Labute approximate surface area is 202 Å². The molecule has 0 unspecified atom stereocenters. The van der Waals surface area contributed by atoms with E-state index in [2.05, 4.69) is 49.4 Å². The van der Waals surface area contributed by atoms with Crippen LogP contribution < -0.4 is 10.2 Å². The molecule has 2 aromatic carbocycles. The number of hydrogen-bond acceptors (Lipinski definition) is 8. The molecular weight excluding hydrogens is 450 g/mol. The molecular formula is C25H25N5O3S. The first-order chi connectivity index (χ1) is 16.6. The van der Waals surface area contributed by atoms with E-state index in [0.717, 1.165) is 78.8 Å². The molecule has 2 amide bonds. The summed E-state index contributed by atoms with van der Waals surface area (Å²) in [4.78, 5) is 37.5. The van der Waals surface area contributed by atoms with Gasteiger partial charge in [0.2, 0.25) is 0 Å². The van der Waals surface area contributed by atoms with E-state index in [-0.39, 0.29) is 11.1 Å². The SMILES string of the molecule is COCCN1CCN(c2ccc(-c3ncnc4ccc(C=C5SC(=O)NC5=O)cc34)cc2)CC1. The lowest BCUT2D eigenvalue weighted by atomic mass is 10.0. The molecule has 0 aliphatic carbocycles. The summed E-state index contributed by atoms with van der Waals surface area (Å²) in [5, 5.41) is 2.83. The van der Waals surface area contributed by atoms with Gasteiger partial charge < -0.3 is 9.64 Å². The van der Waals surface area contributed by atoms with Crippen LogP contribution >= 0.6 is 11.8 Å². The normalized spacial score (nSPS) is 18.1. The summed E-state index contributed by atoms with van der Waals surface area (Å²) in [5.41, 5.74) is 4.68. The highest BCUT2D eigenvalue weighted by atomic mass is 32.2. The molecule has 0 spiro atoms. The summed E-state index contributed by atoms with van der Waals surface area (Å²) in [6.45, 7) is 5.79. The number of hydrogen-bond donors (Lipinski definition) is 1. The molecule has 0 bridgehead atoms. The van der Waals surface area contributed by atoms with Crippen LogP contribution in [-0.2, 0) is 9.53 Å². The monoisotopic (exact) mass is 475 g/mol. The van der Waals surface area contributed by atoms with E-state index < -0.39 is 0 Å². The number of anilines is 1. The van der Waals surface area contributed by atoms with E-state index in [9.17, 15) is 9.59 Å². The Morgan fingerprint density at radius 1 is 1.06 bits per heavy atom. The van der Waals surface area contributed by atoms with Gasteiger partial charge in [0, 0.05) is 56.5 Å². The van der Waals surface area contributed by atoms with Crippen LogP contribution in [0.3, 0.4) is 0 Å². The van der Waals surface area contributed by atoms with Gasteiger partial charge in [-0.15, -0.1) is 0 Å². The fraction of sp³-hybridized carbons (Fsp3) is 0.280. The number of carbonyl (C=O) groups excluding carboxylic acids is 2. The zero-order chi connectivity index (χ0) is 23.5. The van der Waals surface area contributed by atoms with Gasteiger partial charge in [0.15, 0.2) is 0 Å². The van der Waals surface area contributed by atoms with Crippen LogP contribution in [0.1, 0.15) is 5.56 Å². The molecule has 2 aliphatic rings. The summed E-state index contributed by atoms with van der Waals surface area (Å²) >= 11 is 0.910. The van der Waals surface area contributed by atoms with E-state index in [1.54, 1.807) is 19.5 Å². The molecule has 174 valence electrons. The third kappa shape index (κ3) is 4.82. The maximum Gasteiger partial charge on any atom is 0.290 e. The molecule has 8 nitrogen and oxygen atoms in total. The van der Waals surface area contributed by atoms with E-state index in [0.29, 0.717) is 4.91 Å². The summed E-state index contributed by atoms with van der Waals surface area (Å²) in [5.74, 6) is -0.366. The lowest BCUT2D eigenvalue weighted by Gasteiger charge is -2.36. The van der Waals surface area contributed by atoms with Crippen molar-refractivity contribution < 1.29 is 14.3 Å². The highest BCUT2D eigenvalue weighted by molar-refractivity contribution is 8.18. The number of aromatic nitrogens is 2. The Kier molecular flexibility index (Phi) is 6.57. The number of carbonyl (C=O) groups is 2. The fourth-order valence-corrected chi connectivity index (χ4v) is 4.93. The average molecular weight is 476 g/mol. The van der Waals surface area contributed by atoms with Gasteiger partial charge >= 0.3 is 0 Å². The van der Waals surface area contributed by atoms with Crippen molar-refractivity contribution in [1.82, 2.24) is 20.2 Å². The molecule has 2 saturated heterocycles. The minimum atomic E-state index is -0.366. The Morgan fingerprint density at radius 2 is 1.85 bits per heavy atom. The number of fused-ring (bicyclic) bond motifs is 1. The highest BCUT2D eigenvalue weighted by Crippen LogP contribution is 2.30. The second-order valence-corrected chi connectivity index (χ2v) is 9.23. The Morgan fingerprint density at radius 3 is 2.56 bits per heavy atom. The average Bonchev–Trinajstić information content (AvgIpc) is 3.19. The molecule has 34 heavy (non-hydrogen) atoms. The molecule has 1 aromatic heterocycles. The fourth-order valence-electron chi connectivity index (χ4n) is 4.25. The van der Waals surface area contributed by atoms with Gasteiger partial charge in [-0.3, -0.25) is 19.8 Å². The molecule has 2 fully saturated rings. The van der Waals surface area contributed by atoms with Crippen molar-refractivity contribution in [1.29, 1.82) is 0 Å². The molecule has 2 aliphatic heterocycles. The topological polar surface area (TPSA) is 87.7 Å². The predicted octanol–water partition coefficient (Wildman–Crippen LogP) is 3.39. The van der Waals surface area contributed by atoms with Crippen molar-refractivity contribution in [3.8, 4) is 11.3 Å². The predicted molar refractivity (Wildman–Crippen MR) is 135 cm³/mol. The van der Waals surface area contributed by atoms with Gasteiger partial charge in [0.05, 0.1) is 22.7 Å². The molecule has 0 atom stereocenters. The van der Waals surface area contributed by atoms with E-state index >= 15 is 0 Å². The van der Waals surface area contributed by atoms with E-state index in [1.807, 2.05) is 18.2 Å². The Bertz CT molecular complexity index is 1250. The number of piperazine rings is 1. The van der Waals surface area contributed by atoms with Gasteiger partial charge in [-0.25, -0.2) is 9.97 Å². The Hall–Kier alpha value is -3.27. The molecule has 0 radical (unpaired) electrons. The number of methoxy groups -OCH3 is 1. The largest absolute Gasteiger partial charge is 0.383 e. The van der Waals surface area contributed by atoms with Crippen molar-refractivity contribution in [3.05, 3.63) is 59.3 Å². The van der Waals surface area contributed by atoms with Crippen molar-refractivity contribution in [2.24, 2.45) is 0 Å². The third-order valence-electron chi connectivity index (χ3n) is 6.09. The van der Waals surface area contributed by atoms with Gasteiger partial charge in [-0.05, 0) is 47.7 Å². The van der Waals surface area contributed by atoms with Crippen LogP contribution in [0.2, 0.25) is 0 Å². The summed E-state index contributed by atoms with van der Waals surface area (Å²) in [6.07, 6.45) is 3.29. The van der Waals surface area contributed by atoms with Crippen LogP contribution in [0.4, 0.5) is 10.5 Å². The van der Waals surface area contributed by atoms with Gasteiger partial charge in [0.25, 0.3) is 11.1 Å². The molecule has 3 aromatic rings. The number of thioether (sulfide) groups is 1. The summed E-state index contributed by atoms with van der Waals surface area (Å²) in [7, 11) is 1.74. The smallest absolute Gasteiger partial charge is 0.290 e. The number of imide groups is 1. The second kappa shape index (κ2) is 9.92. The summed E-state index contributed by atoms with van der Waals surface area (Å²) in [6, 6.07) is 14.2. The van der Waals surface area contributed by atoms with Crippen LogP contribution in [-0.4, -0.2) is 72.5 Å². The molecule has 3 heterocycles. The molecule has 0 saturated carbocycles. The first-order valence-electron chi connectivity index (χ1n) is 11.2. The standard InChI is InChI=1S/C25H25N5O3S/c1-33-13-12-29-8-10-30(11-9-29)19-5-3-18(4-6-19)23-20-14-17(2-7-21(20)26-16-27-23)15-22-24(31)28-25(32)34-22/h2-7,14-16H,8-13H2,1H3,(H,28,31,32). The van der Waals surface area contributed by atoms with Crippen molar-refractivity contribution >= 4 is 45.6 Å². The lowest BCUT2D eigenvalue weighted by Crippen LogP contribution is -2.47. The van der Waals surface area contributed by atoms with Crippen molar-refractivity contribution in [3.63, 3.8) is 0 Å². The van der Waals surface area contributed by atoms with Crippen LogP contribution in [0, 0.1) is 0 Å². The first kappa shape index (κ1) is 22.5. The zero-order valence-electron chi connectivity index (χ0n) is 18.9. The van der Waals surface area contributed by atoms with Crippen molar-refractivity contribution in [2.45, 2.75) is 0 Å². The van der Waals surface area contributed by atoms with Gasteiger partial charge in [-0.2, -0.15) is 0 Å². The number of amides is 2. The summed E-state index contributed by atoms with van der Waals surface area (Å²) < 4.78 is 5.19.